The number of nitrogens with zero attached hydrogens (tertiary/aromatic N) is 3. The molecule has 6 rings (SSSR count). The van der Waals surface area contributed by atoms with Gasteiger partial charge in [-0.25, -0.2) is 4.98 Å². The maximum absolute atomic E-state index is 13.1. The van der Waals surface area contributed by atoms with Crippen LogP contribution in [0.1, 0.15) is 35.4 Å². The molecule has 36 heavy (non-hydrogen) atoms. The first-order valence-electron chi connectivity index (χ1n) is 12.1. The fourth-order valence-electron chi connectivity index (χ4n) is 4.92. The number of fused-ring (bicyclic) bond motifs is 1. The van der Waals surface area contributed by atoms with Crippen LogP contribution < -0.4 is 5.32 Å². The van der Waals surface area contributed by atoms with Gasteiger partial charge >= 0.3 is 0 Å². The summed E-state index contributed by atoms with van der Waals surface area (Å²) in [6, 6.07) is 23.7. The maximum Gasteiger partial charge on any atom is 0.238 e. The number of nitrogens with one attached hydrogen (secondary N) is 2. The topological polar surface area (TPSA) is 90.4 Å². The van der Waals surface area contributed by atoms with Crippen LogP contribution in [0.5, 0.6) is 0 Å². The number of benzene rings is 3. The molecule has 1 fully saturated rings. The Morgan fingerprint density at radius 1 is 1.00 bits per heavy atom. The van der Waals surface area contributed by atoms with Crippen molar-refractivity contribution in [2.24, 2.45) is 4.99 Å². The number of H-pyrrole nitrogens is 1. The molecule has 1 atom stereocenters. The number of rotatable bonds is 6. The Morgan fingerprint density at radius 3 is 2.53 bits per heavy atom. The van der Waals surface area contributed by atoms with Crippen molar-refractivity contribution < 1.29 is 9.59 Å². The average Bonchev–Trinajstić information content (AvgIpc) is 3.64. The van der Waals surface area contributed by atoms with Gasteiger partial charge in [0, 0.05) is 25.2 Å². The second kappa shape index (κ2) is 9.26. The highest BCUT2D eigenvalue weighted by molar-refractivity contribution is 6.24. The van der Waals surface area contributed by atoms with E-state index in [1.54, 1.807) is 12.5 Å². The van der Waals surface area contributed by atoms with E-state index in [1.807, 2.05) is 77.7 Å². The summed E-state index contributed by atoms with van der Waals surface area (Å²) < 4.78 is 0. The van der Waals surface area contributed by atoms with Crippen molar-refractivity contribution >= 4 is 28.9 Å². The molecule has 3 aromatic carbocycles. The molecule has 2 aliphatic heterocycles. The highest BCUT2D eigenvalue weighted by Crippen LogP contribution is 2.36. The Kier molecular flexibility index (Phi) is 5.65. The third kappa shape index (κ3) is 4.20. The predicted octanol–water partition coefficient (Wildman–Crippen LogP) is 5.06. The Balaban J connectivity index is 1.36. The van der Waals surface area contributed by atoms with E-state index in [2.05, 4.69) is 15.3 Å². The monoisotopic (exact) mass is 475 g/mol. The average molecular weight is 476 g/mol. The van der Waals surface area contributed by atoms with Crippen molar-refractivity contribution in [2.45, 2.75) is 25.3 Å². The van der Waals surface area contributed by atoms with E-state index < -0.39 is 5.92 Å². The van der Waals surface area contributed by atoms with E-state index in [9.17, 15) is 9.59 Å². The number of hydrogen-bond donors (Lipinski definition) is 2. The van der Waals surface area contributed by atoms with Crippen LogP contribution in [0.25, 0.3) is 11.3 Å². The lowest BCUT2D eigenvalue weighted by atomic mass is 9.90. The number of imidazole rings is 1. The van der Waals surface area contributed by atoms with Crippen molar-refractivity contribution in [3.63, 3.8) is 0 Å². The molecule has 0 bridgehead atoms. The van der Waals surface area contributed by atoms with Gasteiger partial charge in [-0.1, -0.05) is 54.6 Å². The summed E-state index contributed by atoms with van der Waals surface area (Å²) in [6.45, 7) is 1.41. The van der Waals surface area contributed by atoms with E-state index in [-0.39, 0.29) is 11.8 Å². The number of para-hydroxylation sites is 1. The molecule has 0 aliphatic carbocycles. The van der Waals surface area contributed by atoms with Crippen LogP contribution in [0.15, 0.2) is 90.3 Å². The predicted molar refractivity (Wildman–Crippen MR) is 139 cm³/mol. The van der Waals surface area contributed by atoms with E-state index in [0.29, 0.717) is 18.7 Å². The number of carbonyl (C=O) groups is 2. The molecule has 0 radical (unpaired) electrons. The van der Waals surface area contributed by atoms with Gasteiger partial charge in [0.15, 0.2) is 0 Å². The van der Waals surface area contributed by atoms with Crippen LogP contribution in [0.2, 0.25) is 0 Å². The fraction of sp³-hybridized carbons (Fsp3) is 0.172. The Labute approximate surface area is 208 Å². The Morgan fingerprint density at radius 2 is 1.81 bits per heavy atom. The molecule has 7 nitrogen and oxygen atoms in total. The van der Waals surface area contributed by atoms with Crippen LogP contribution in [0.3, 0.4) is 0 Å². The summed E-state index contributed by atoms with van der Waals surface area (Å²) in [7, 11) is 0. The van der Waals surface area contributed by atoms with Gasteiger partial charge in [0.25, 0.3) is 0 Å². The first-order valence-corrected chi connectivity index (χ1v) is 12.1. The van der Waals surface area contributed by atoms with E-state index in [0.717, 1.165) is 52.3 Å². The number of hydrogen-bond acceptors (Lipinski definition) is 4. The van der Waals surface area contributed by atoms with Gasteiger partial charge in [-0.05, 0) is 46.9 Å². The molecule has 7 heteroatoms. The zero-order valence-corrected chi connectivity index (χ0v) is 19.6. The van der Waals surface area contributed by atoms with Crippen molar-refractivity contribution in [1.82, 2.24) is 14.9 Å². The quantitative estimate of drug-likeness (QED) is 0.382. The molecular weight excluding hydrogens is 450 g/mol. The normalized spacial score (nSPS) is 17.4. The molecule has 1 unspecified atom stereocenters. The third-order valence-electron chi connectivity index (χ3n) is 6.79. The minimum absolute atomic E-state index is 0.0872. The Bertz CT molecular complexity index is 1440. The largest absolute Gasteiger partial charge is 0.345 e. The van der Waals surface area contributed by atoms with Crippen LogP contribution in [-0.2, 0) is 16.1 Å². The van der Waals surface area contributed by atoms with Gasteiger partial charge in [-0.2, -0.15) is 0 Å². The van der Waals surface area contributed by atoms with Crippen LogP contribution >= 0.6 is 0 Å². The number of anilines is 1. The second-order valence-electron chi connectivity index (χ2n) is 9.13. The SMILES string of the molecule is O=C1Nc2ccccc2C1C(=Nc1ccc(-c2cnc[nH]2)cc1)c1ccc(CN2CCCC2=O)cc1. The minimum Gasteiger partial charge on any atom is -0.345 e. The molecule has 178 valence electrons. The number of aromatic amines is 1. The molecule has 2 aliphatic rings. The van der Waals surface area contributed by atoms with E-state index in [4.69, 9.17) is 4.99 Å². The third-order valence-corrected chi connectivity index (χ3v) is 6.79. The molecule has 3 heterocycles. The van der Waals surface area contributed by atoms with Gasteiger partial charge < -0.3 is 15.2 Å². The van der Waals surface area contributed by atoms with Crippen molar-refractivity contribution in [3.05, 3.63) is 102 Å². The van der Waals surface area contributed by atoms with Gasteiger partial charge in [-0.3, -0.25) is 14.6 Å². The Hall–Kier alpha value is -4.52. The summed E-state index contributed by atoms with van der Waals surface area (Å²) in [5, 5.41) is 3.00. The molecule has 0 saturated carbocycles. The van der Waals surface area contributed by atoms with Crippen LogP contribution in [0, 0.1) is 0 Å². The lowest BCUT2D eigenvalue weighted by molar-refractivity contribution is -0.128. The van der Waals surface area contributed by atoms with Gasteiger partial charge in [0.1, 0.15) is 5.92 Å². The summed E-state index contributed by atoms with van der Waals surface area (Å²) in [5.41, 5.74) is 7.07. The summed E-state index contributed by atoms with van der Waals surface area (Å²) >= 11 is 0. The van der Waals surface area contributed by atoms with E-state index in [1.165, 1.54) is 0 Å². The second-order valence-corrected chi connectivity index (χ2v) is 9.13. The van der Waals surface area contributed by atoms with Gasteiger partial charge in [-0.15, -0.1) is 0 Å². The van der Waals surface area contributed by atoms with Gasteiger partial charge in [0.05, 0.1) is 29.6 Å². The van der Waals surface area contributed by atoms with Gasteiger partial charge in [0.2, 0.25) is 11.8 Å². The van der Waals surface area contributed by atoms with Crippen molar-refractivity contribution in [1.29, 1.82) is 0 Å². The molecular formula is C29H25N5O2. The minimum atomic E-state index is -0.514. The smallest absolute Gasteiger partial charge is 0.238 e. The molecule has 4 aromatic rings. The number of likely N-dealkylation sites (tertiary alicyclic amines) is 1. The van der Waals surface area contributed by atoms with Crippen molar-refractivity contribution in [2.75, 3.05) is 11.9 Å². The number of aliphatic imine (C=N–C) groups is 1. The molecule has 0 spiro atoms. The maximum atomic E-state index is 13.1. The lowest BCUT2D eigenvalue weighted by Crippen LogP contribution is -2.24. The number of amides is 2. The summed E-state index contributed by atoms with van der Waals surface area (Å²) in [4.78, 5) is 39.3. The highest BCUT2D eigenvalue weighted by atomic mass is 16.2. The fourth-order valence-corrected chi connectivity index (χ4v) is 4.92. The summed E-state index contributed by atoms with van der Waals surface area (Å²) in [5.74, 6) is -0.394. The summed E-state index contributed by atoms with van der Waals surface area (Å²) in [6.07, 6.45) is 4.98. The molecule has 2 N–H and O–H groups in total. The first-order chi connectivity index (χ1) is 17.7. The molecule has 1 saturated heterocycles. The lowest BCUT2D eigenvalue weighted by Gasteiger charge is -2.17. The first kappa shape index (κ1) is 22.0. The zero-order chi connectivity index (χ0) is 24.5. The molecule has 1 aromatic heterocycles. The number of carbonyl (C=O) groups excluding carboxylic acids is 2. The highest BCUT2D eigenvalue weighted by Gasteiger charge is 2.35. The zero-order valence-electron chi connectivity index (χ0n) is 19.6. The standard InChI is InChI=1S/C29H25N5O2/c35-26-6-3-15-34(26)17-19-7-9-21(10-8-19)28(27-23-4-1-2-5-24(23)33-29(27)36)32-22-13-11-20(12-14-22)25-16-30-18-31-25/h1-2,4-5,7-14,16,18,27H,3,6,15,17H2,(H,30,31)(H,33,36). The van der Waals surface area contributed by atoms with Crippen LogP contribution in [-0.4, -0.2) is 38.9 Å². The number of aromatic nitrogens is 2. The van der Waals surface area contributed by atoms with Crippen LogP contribution in [0.4, 0.5) is 11.4 Å². The molecule has 2 amide bonds. The van der Waals surface area contributed by atoms with Crippen molar-refractivity contribution in [3.8, 4) is 11.3 Å². The van der Waals surface area contributed by atoms with E-state index >= 15 is 0 Å².